The molecule has 0 saturated carbocycles. The van der Waals surface area contributed by atoms with Crippen LogP contribution in [0.1, 0.15) is 12.8 Å². The number of hydrogen-bond donors (Lipinski definition) is 0. The Kier molecular flexibility index (Phi) is 5.84. The summed E-state index contributed by atoms with van der Waals surface area (Å²) in [5, 5.41) is 11.1. The minimum absolute atomic E-state index is 0.0613. The quantitative estimate of drug-likeness (QED) is 0.332. The summed E-state index contributed by atoms with van der Waals surface area (Å²) in [7, 11) is 1.53. The number of unbranched alkanes of at least 4 members (excludes halogenated alkanes) is 1. The maximum Gasteiger partial charge on any atom is 0.311 e. The largest absolute Gasteiger partial charge is 0.487 e. The number of benzene rings is 1. The molecule has 0 unspecified atom stereocenters. The van der Waals surface area contributed by atoms with Crippen molar-refractivity contribution in [3.8, 4) is 5.75 Å². The molecular formula is C10H11Cl2NO5S. The number of hydrogen-bond acceptors (Lipinski definition) is 5. The van der Waals surface area contributed by atoms with Crippen LogP contribution in [0.4, 0.5) is 5.69 Å². The van der Waals surface area contributed by atoms with Gasteiger partial charge in [0.05, 0.1) is 17.3 Å². The van der Waals surface area contributed by atoms with E-state index in [2.05, 4.69) is 0 Å². The van der Waals surface area contributed by atoms with E-state index in [1.807, 2.05) is 0 Å². The first-order chi connectivity index (χ1) is 8.79. The first-order valence-corrected chi connectivity index (χ1v) is 8.14. The van der Waals surface area contributed by atoms with E-state index >= 15 is 0 Å². The highest BCUT2D eigenvalue weighted by molar-refractivity contribution is 8.13. The predicted octanol–water partition coefficient (Wildman–Crippen LogP) is 2.98. The molecule has 0 spiro atoms. The van der Waals surface area contributed by atoms with E-state index in [-0.39, 0.29) is 23.8 Å². The van der Waals surface area contributed by atoms with E-state index in [4.69, 9.17) is 27.0 Å². The predicted molar refractivity (Wildman–Crippen MR) is 72.5 cm³/mol. The van der Waals surface area contributed by atoms with Crippen molar-refractivity contribution in [3.63, 3.8) is 0 Å². The van der Waals surface area contributed by atoms with Crippen LogP contribution in [0.5, 0.6) is 5.75 Å². The van der Waals surface area contributed by atoms with E-state index in [9.17, 15) is 18.5 Å². The maximum absolute atomic E-state index is 10.7. The molecule has 1 aromatic rings. The minimum Gasteiger partial charge on any atom is -0.487 e. The van der Waals surface area contributed by atoms with Crippen molar-refractivity contribution in [1.82, 2.24) is 0 Å². The van der Waals surface area contributed by atoms with Gasteiger partial charge in [-0.3, -0.25) is 10.1 Å². The fraction of sp³-hybridized carbons (Fsp3) is 0.400. The van der Waals surface area contributed by atoms with Crippen LogP contribution >= 0.6 is 22.3 Å². The topological polar surface area (TPSA) is 86.5 Å². The molecule has 106 valence electrons. The van der Waals surface area contributed by atoms with Crippen molar-refractivity contribution in [1.29, 1.82) is 0 Å². The van der Waals surface area contributed by atoms with E-state index < -0.39 is 14.0 Å². The standard InChI is InChI=1S/C10H11Cl2NO5S/c11-8-3-4-9(13(14)15)10(7-8)18-5-1-2-6-19(12,16)17/h3-4,7H,1-2,5-6H2. The van der Waals surface area contributed by atoms with Gasteiger partial charge in [0.2, 0.25) is 9.05 Å². The van der Waals surface area contributed by atoms with Crippen LogP contribution < -0.4 is 4.74 Å². The Balaban J connectivity index is 2.53. The molecule has 0 bridgehead atoms. The first-order valence-electron chi connectivity index (χ1n) is 5.28. The van der Waals surface area contributed by atoms with Gasteiger partial charge in [0.1, 0.15) is 0 Å². The van der Waals surface area contributed by atoms with Crippen molar-refractivity contribution in [3.05, 3.63) is 33.3 Å². The zero-order valence-electron chi connectivity index (χ0n) is 9.71. The van der Waals surface area contributed by atoms with Crippen LogP contribution in [0.3, 0.4) is 0 Å². The Hall–Kier alpha value is -1.05. The van der Waals surface area contributed by atoms with Gasteiger partial charge in [-0.2, -0.15) is 0 Å². The van der Waals surface area contributed by atoms with Gasteiger partial charge in [0, 0.05) is 27.8 Å². The first kappa shape index (κ1) is 16.0. The molecule has 0 fully saturated rings. The maximum atomic E-state index is 10.7. The van der Waals surface area contributed by atoms with Crippen molar-refractivity contribution in [2.45, 2.75) is 12.8 Å². The van der Waals surface area contributed by atoms with Crippen LogP contribution in [0.15, 0.2) is 18.2 Å². The average molecular weight is 328 g/mol. The minimum atomic E-state index is -3.51. The Morgan fingerprint density at radius 2 is 2.00 bits per heavy atom. The Morgan fingerprint density at radius 1 is 1.32 bits per heavy atom. The monoisotopic (exact) mass is 327 g/mol. The van der Waals surface area contributed by atoms with Crippen molar-refractivity contribution < 1.29 is 18.1 Å². The molecule has 9 heteroatoms. The third-order valence-electron chi connectivity index (χ3n) is 2.16. The lowest BCUT2D eigenvalue weighted by Gasteiger charge is -2.06. The SMILES string of the molecule is O=[N+]([O-])c1ccc(Cl)cc1OCCCCS(=O)(=O)Cl. The van der Waals surface area contributed by atoms with Crippen molar-refractivity contribution >= 4 is 37.0 Å². The fourth-order valence-corrected chi connectivity index (χ4v) is 2.35. The smallest absolute Gasteiger partial charge is 0.311 e. The average Bonchev–Trinajstić information content (AvgIpc) is 2.26. The van der Waals surface area contributed by atoms with E-state index in [0.29, 0.717) is 17.9 Å². The zero-order chi connectivity index (χ0) is 14.5. The Bertz CT molecular complexity index is 561. The lowest BCUT2D eigenvalue weighted by atomic mass is 10.3. The molecule has 0 aliphatic rings. The number of halogens is 2. The second-order valence-electron chi connectivity index (χ2n) is 3.67. The molecule has 0 amide bonds. The molecule has 0 saturated heterocycles. The summed E-state index contributed by atoms with van der Waals surface area (Å²) in [6, 6.07) is 3.99. The molecular weight excluding hydrogens is 317 g/mol. The molecule has 6 nitrogen and oxygen atoms in total. The van der Waals surface area contributed by atoms with Gasteiger partial charge in [-0.05, 0) is 18.9 Å². The van der Waals surface area contributed by atoms with E-state index in [0.717, 1.165) is 0 Å². The Morgan fingerprint density at radius 3 is 2.58 bits per heavy atom. The summed E-state index contributed by atoms with van der Waals surface area (Å²) in [4.78, 5) is 10.2. The Labute approximate surface area is 119 Å². The molecule has 19 heavy (non-hydrogen) atoms. The van der Waals surface area contributed by atoms with Crippen LogP contribution in [-0.4, -0.2) is 25.7 Å². The molecule has 0 aromatic heterocycles. The summed E-state index contributed by atoms with van der Waals surface area (Å²) < 4.78 is 26.6. The fourth-order valence-electron chi connectivity index (χ4n) is 1.31. The molecule has 0 heterocycles. The third kappa shape index (κ3) is 6.09. The second kappa shape index (κ2) is 6.93. The number of nitro benzene ring substituents is 1. The highest BCUT2D eigenvalue weighted by Gasteiger charge is 2.15. The summed E-state index contributed by atoms with van der Waals surface area (Å²) in [6.45, 7) is 0.146. The van der Waals surface area contributed by atoms with Crippen LogP contribution in [0, 0.1) is 10.1 Å². The van der Waals surface area contributed by atoms with E-state index in [1.54, 1.807) is 0 Å². The van der Waals surface area contributed by atoms with Gasteiger partial charge < -0.3 is 4.74 Å². The number of nitro groups is 1. The van der Waals surface area contributed by atoms with Gasteiger partial charge in [0.25, 0.3) is 0 Å². The molecule has 0 N–H and O–H groups in total. The molecule has 0 atom stereocenters. The zero-order valence-corrected chi connectivity index (χ0v) is 12.0. The van der Waals surface area contributed by atoms with Gasteiger partial charge >= 0.3 is 5.69 Å². The molecule has 0 aliphatic carbocycles. The van der Waals surface area contributed by atoms with Crippen molar-refractivity contribution in [2.75, 3.05) is 12.4 Å². The highest BCUT2D eigenvalue weighted by atomic mass is 35.7. The summed E-state index contributed by atoms with van der Waals surface area (Å²) >= 11 is 5.72. The van der Waals surface area contributed by atoms with Gasteiger partial charge in [-0.1, -0.05) is 11.6 Å². The molecule has 0 aliphatic heterocycles. The molecule has 1 rings (SSSR count). The van der Waals surface area contributed by atoms with Gasteiger partial charge in [-0.15, -0.1) is 0 Å². The summed E-state index contributed by atoms with van der Waals surface area (Å²) in [5.74, 6) is -0.0959. The number of nitrogens with zero attached hydrogens (tertiary/aromatic N) is 1. The van der Waals surface area contributed by atoms with Gasteiger partial charge in [-0.25, -0.2) is 8.42 Å². The van der Waals surface area contributed by atoms with Gasteiger partial charge in [0.15, 0.2) is 5.75 Å². The molecule has 0 radical (unpaired) electrons. The van der Waals surface area contributed by atoms with Crippen molar-refractivity contribution in [2.24, 2.45) is 0 Å². The summed E-state index contributed by atoms with van der Waals surface area (Å²) in [5.41, 5.74) is -0.186. The lowest BCUT2D eigenvalue weighted by Crippen LogP contribution is -2.03. The summed E-state index contributed by atoms with van der Waals surface area (Å²) in [6.07, 6.45) is 0.732. The van der Waals surface area contributed by atoms with Crippen LogP contribution in [-0.2, 0) is 9.05 Å². The van der Waals surface area contributed by atoms with Crippen LogP contribution in [0.25, 0.3) is 0 Å². The normalized spacial score (nSPS) is 11.3. The highest BCUT2D eigenvalue weighted by Crippen LogP contribution is 2.29. The lowest BCUT2D eigenvalue weighted by molar-refractivity contribution is -0.385. The van der Waals surface area contributed by atoms with Crippen LogP contribution in [0.2, 0.25) is 5.02 Å². The molecule has 1 aromatic carbocycles. The van der Waals surface area contributed by atoms with E-state index in [1.165, 1.54) is 18.2 Å². The second-order valence-corrected chi connectivity index (χ2v) is 7.00. The third-order valence-corrected chi connectivity index (χ3v) is 3.63. The number of rotatable bonds is 7. The number of ether oxygens (including phenoxy) is 1.